The number of aromatic nitrogens is 2. The zero-order valence-electron chi connectivity index (χ0n) is 11.5. The first-order valence-corrected chi connectivity index (χ1v) is 6.63. The second-order valence-corrected chi connectivity index (χ2v) is 4.67. The molecule has 18 heavy (non-hydrogen) atoms. The molecule has 0 aliphatic heterocycles. The predicted octanol–water partition coefficient (Wildman–Crippen LogP) is 1.17. The Morgan fingerprint density at radius 3 is 2.83 bits per heavy atom. The normalized spacial score (nSPS) is 14.2. The molecule has 102 valence electrons. The van der Waals surface area contributed by atoms with Crippen LogP contribution in [0.2, 0.25) is 0 Å². The Balaban J connectivity index is 2.19. The minimum Gasteiger partial charge on any atom is -0.352 e. The molecule has 0 radical (unpaired) electrons. The summed E-state index contributed by atoms with van der Waals surface area (Å²) in [6.07, 6.45) is 7.55. The van der Waals surface area contributed by atoms with E-state index >= 15 is 0 Å². The highest BCUT2D eigenvalue weighted by Gasteiger charge is 2.13. The Kier molecular flexibility index (Phi) is 6.43. The molecule has 1 aromatic rings. The van der Waals surface area contributed by atoms with Crippen LogP contribution in [0.4, 0.5) is 0 Å². The number of carbonyl (C=O) groups excluding carboxylic acids is 1. The molecule has 0 saturated heterocycles. The molecule has 0 saturated carbocycles. The Hall–Kier alpha value is -1.36. The van der Waals surface area contributed by atoms with Gasteiger partial charge in [0.05, 0.1) is 12.4 Å². The van der Waals surface area contributed by atoms with Crippen LogP contribution in [0.5, 0.6) is 0 Å². The third-order valence-corrected chi connectivity index (χ3v) is 2.88. The number of amides is 1. The summed E-state index contributed by atoms with van der Waals surface area (Å²) in [5.41, 5.74) is 0. The molecule has 1 rings (SSSR count). The van der Waals surface area contributed by atoms with Gasteiger partial charge in [-0.1, -0.05) is 13.3 Å². The van der Waals surface area contributed by atoms with Crippen LogP contribution < -0.4 is 10.6 Å². The number of imidazole rings is 1. The third kappa shape index (κ3) is 5.31. The van der Waals surface area contributed by atoms with Crippen molar-refractivity contribution < 1.29 is 4.79 Å². The summed E-state index contributed by atoms with van der Waals surface area (Å²) in [6.45, 7) is 7.63. The summed E-state index contributed by atoms with van der Waals surface area (Å²) in [6, 6.07) is 0.0910. The van der Waals surface area contributed by atoms with Crippen molar-refractivity contribution in [3.05, 3.63) is 18.7 Å². The van der Waals surface area contributed by atoms with E-state index in [1.807, 2.05) is 24.6 Å². The Labute approximate surface area is 109 Å². The standard InChI is InChI=1S/C13H24N4O/c1-4-5-11(2)16-13(18)12(3)15-7-9-17-8-6-14-10-17/h6,8,10-12,15H,4-5,7,9H2,1-3H3,(H,16,18). The lowest BCUT2D eigenvalue weighted by atomic mass is 10.2. The number of rotatable bonds is 8. The van der Waals surface area contributed by atoms with Gasteiger partial charge in [0.15, 0.2) is 0 Å². The van der Waals surface area contributed by atoms with Gasteiger partial charge in [0, 0.05) is 31.5 Å². The summed E-state index contributed by atoms with van der Waals surface area (Å²) in [5.74, 6) is 0.0709. The molecule has 1 aromatic heterocycles. The maximum absolute atomic E-state index is 11.8. The van der Waals surface area contributed by atoms with Gasteiger partial charge in [-0.25, -0.2) is 4.98 Å². The summed E-state index contributed by atoms with van der Waals surface area (Å²) in [4.78, 5) is 15.8. The number of nitrogens with one attached hydrogen (secondary N) is 2. The fourth-order valence-electron chi connectivity index (χ4n) is 1.79. The molecule has 0 aliphatic rings. The van der Waals surface area contributed by atoms with Gasteiger partial charge in [0.1, 0.15) is 0 Å². The van der Waals surface area contributed by atoms with Gasteiger partial charge < -0.3 is 15.2 Å². The summed E-state index contributed by atoms with van der Waals surface area (Å²) < 4.78 is 1.98. The predicted molar refractivity (Wildman–Crippen MR) is 72.2 cm³/mol. The summed E-state index contributed by atoms with van der Waals surface area (Å²) in [5, 5.41) is 6.21. The molecule has 0 spiro atoms. The van der Waals surface area contributed by atoms with Gasteiger partial charge in [-0.3, -0.25) is 4.79 Å². The topological polar surface area (TPSA) is 59.0 Å². The summed E-state index contributed by atoms with van der Waals surface area (Å²) in [7, 11) is 0. The maximum Gasteiger partial charge on any atom is 0.237 e. The van der Waals surface area contributed by atoms with Crippen molar-refractivity contribution in [3.8, 4) is 0 Å². The van der Waals surface area contributed by atoms with Crippen LogP contribution in [-0.2, 0) is 11.3 Å². The number of hydrogen-bond donors (Lipinski definition) is 2. The molecule has 0 aliphatic carbocycles. The second-order valence-electron chi connectivity index (χ2n) is 4.67. The van der Waals surface area contributed by atoms with Gasteiger partial charge in [-0.2, -0.15) is 0 Å². The zero-order chi connectivity index (χ0) is 13.4. The Morgan fingerprint density at radius 2 is 2.22 bits per heavy atom. The van der Waals surface area contributed by atoms with Gasteiger partial charge in [0.2, 0.25) is 5.91 Å². The third-order valence-electron chi connectivity index (χ3n) is 2.88. The van der Waals surface area contributed by atoms with E-state index in [4.69, 9.17) is 0 Å². The van der Waals surface area contributed by atoms with Crippen molar-refractivity contribution in [2.75, 3.05) is 6.54 Å². The quantitative estimate of drug-likeness (QED) is 0.730. The van der Waals surface area contributed by atoms with Gasteiger partial charge >= 0.3 is 0 Å². The molecular formula is C13H24N4O. The Bertz CT molecular complexity index is 337. The number of hydrogen-bond acceptors (Lipinski definition) is 3. The van der Waals surface area contributed by atoms with E-state index in [1.165, 1.54) is 0 Å². The average Bonchev–Trinajstić information content (AvgIpc) is 2.82. The van der Waals surface area contributed by atoms with Gasteiger partial charge in [-0.05, 0) is 20.3 Å². The summed E-state index contributed by atoms with van der Waals surface area (Å²) >= 11 is 0. The molecule has 0 aromatic carbocycles. The van der Waals surface area contributed by atoms with Gasteiger partial charge in [0.25, 0.3) is 0 Å². The Morgan fingerprint density at radius 1 is 1.44 bits per heavy atom. The highest BCUT2D eigenvalue weighted by molar-refractivity contribution is 5.81. The van der Waals surface area contributed by atoms with E-state index in [0.29, 0.717) is 0 Å². The van der Waals surface area contributed by atoms with Crippen molar-refractivity contribution in [2.24, 2.45) is 0 Å². The highest BCUT2D eigenvalue weighted by Crippen LogP contribution is 1.95. The van der Waals surface area contributed by atoms with Crippen LogP contribution in [0.1, 0.15) is 33.6 Å². The molecule has 0 fully saturated rings. The molecule has 2 atom stereocenters. The van der Waals surface area contributed by atoms with Crippen LogP contribution >= 0.6 is 0 Å². The van der Waals surface area contributed by atoms with Crippen LogP contribution in [-0.4, -0.2) is 34.1 Å². The van der Waals surface area contributed by atoms with Crippen molar-refractivity contribution >= 4 is 5.91 Å². The molecule has 2 unspecified atom stereocenters. The van der Waals surface area contributed by atoms with Crippen LogP contribution in [0.15, 0.2) is 18.7 Å². The highest BCUT2D eigenvalue weighted by atomic mass is 16.2. The van der Waals surface area contributed by atoms with E-state index in [1.54, 1.807) is 12.5 Å². The van der Waals surface area contributed by atoms with Crippen molar-refractivity contribution in [3.63, 3.8) is 0 Å². The first kappa shape index (κ1) is 14.7. The molecule has 1 heterocycles. The number of carbonyl (C=O) groups is 1. The van der Waals surface area contributed by atoms with E-state index < -0.39 is 0 Å². The van der Waals surface area contributed by atoms with E-state index in [-0.39, 0.29) is 18.0 Å². The first-order chi connectivity index (χ1) is 8.63. The average molecular weight is 252 g/mol. The smallest absolute Gasteiger partial charge is 0.237 e. The van der Waals surface area contributed by atoms with Crippen LogP contribution in [0.25, 0.3) is 0 Å². The number of nitrogens with zero attached hydrogens (tertiary/aromatic N) is 2. The fourth-order valence-corrected chi connectivity index (χ4v) is 1.79. The van der Waals surface area contributed by atoms with Crippen molar-refractivity contribution in [1.82, 2.24) is 20.2 Å². The fraction of sp³-hybridized carbons (Fsp3) is 0.692. The van der Waals surface area contributed by atoms with Crippen molar-refractivity contribution in [1.29, 1.82) is 0 Å². The molecule has 2 N–H and O–H groups in total. The molecule has 1 amide bonds. The molecular weight excluding hydrogens is 228 g/mol. The lowest BCUT2D eigenvalue weighted by molar-refractivity contribution is -0.123. The second kappa shape index (κ2) is 7.87. The largest absolute Gasteiger partial charge is 0.352 e. The van der Waals surface area contributed by atoms with E-state index in [0.717, 1.165) is 25.9 Å². The first-order valence-electron chi connectivity index (χ1n) is 6.63. The molecule has 0 bridgehead atoms. The van der Waals surface area contributed by atoms with Crippen LogP contribution in [0.3, 0.4) is 0 Å². The lowest BCUT2D eigenvalue weighted by Gasteiger charge is -2.18. The monoisotopic (exact) mass is 252 g/mol. The lowest BCUT2D eigenvalue weighted by Crippen LogP contribution is -2.46. The minimum atomic E-state index is -0.159. The van der Waals surface area contributed by atoms with Crippen molar-refractivity contribution in [2.45, 2.75) is 52.2 Å². The van der Waals surface area contributed by atoms with E-state index in [9.17, 15) is 4.79 Å². The van der Waals surface area contributed by atoms with E-state index in [2.05, 4.69) is 22.5 Å². The zero-order valence-corrected chi connectivity index (χ0v) is 11.5. The van der Waals surface area contributed by atoms with Crippen LogP contribution in [0, 0.1) is 0 Å². The molecule has 5 nitrogen and oxygen atoms in total. The molecule has 5 heteroatoms. The maximum atomic E-state index is 11.8. The van der Waals surface area contributed by atoms with Gasteiger partial charge in [-0.15, -0.1) is 0 Å². The minimum absolute atomic E-state index is 0.0709. The SMILES string of the molecule is CCCC(C)NC(=O)C(C)NCCn1ccnc1.